The number of ether oxygens (including phenoxy) is 3. The van der Waals surface area contributed by atoms with Crippen LogP contribution >= 0.6 is 0 Å². The SMILES string of the molecule is COc1cc(OC)cc(C2(CCCO)COC2)c1. The lowest BCUT2D eigenvalue weighted by molar-refractivity contribution is -0.0666. The first-order chi connectivity index (χ1) is 8.74. The van der Waals surface area contributed by atoms with Gasteiger partial charge in [0, 0.05) is 18.1 Å². The molecule has 1 N–H and O–H groups in total. The minimum absolute atomic E-state index is 0.00451. The van der Waals surface area contributed by atoms with E-state index in [0.717, 1.165) is 24.3 Å². The normalized spacial score (nSPS) is 17.1. The van der Waals surface area contributed by atoms with Gasteiger partial charge in [0.05, 0.1) is 27.4 Å². The van der Waals surface area contributed by atoms with Crippen molar-refractivity contribution in [1.82, 2.24) is 0 Å². The molecule has 1 aromatic rings. The molecule has 1 aliphatic heterocycles. The van der Waals surface area contributed by atoms with E-state index in [1.165, 1.54) is 5.56 Å². The third kappa shape index (κ3) is 2.44. The summed E-state index contributed by atoms with van der Waals surface area (Å²) in [6.07, 6.45) is 1.70. The van der Waals surface area contributed by atoms with Gasteiger partial charge in [-0.1, -0.05) is 0 Å². The zero-order valence-corrected chi connectivity index (χ0v) is 10.9. The summed E-state index contributed by atoms with van der Waals surface area (Å²) >= 11 is 0. The molecule has 1 fully saturated rings. The van der Waals surface area contributed by atoms with Crippen molar-refractivity contribution in [2.75, 3.05) is 34.0 Å². The first-order valence-electron chi connectivity index (χ1n) is 6.16. The molecule has 0 saturated carbocycles. The second-order valence-corrected chi connectivity index (χ2v) is 4.70. The minimum atomic E-state index is 0.00451. The molecule has 0 atom stereocenters. The Hall–Kier alpha value is -1.26. The van der Waals surface area contributed by atoms with E-state index in [4.69, 9.17) is 19.3 Å². The lowest BCUT2D eigenvalue weighted by Crippen LogP contribution is -2.46. The van der Waals surface area contributed by atoms with E-state index in [0.29, 0.717) is 13.2 Å². The molecule has 0 spiro atoms. The molecule has 4 heteroatoms. The smallest absolute Gasteiger partial charge is 0.122 e. The summed E-state index contributed by atoms with van der Waals surface area (Å²) in [4.78, 5) is 0. The highest BCUT2D eigenvalue weighted by Gasteiger charge is 2.40. The zero-order chi connectivity index (χ0) is 13.0. The van der Waals surface area contributed by atoms with Crippen LogP contribution in [0.2, 0.25) is 0 Å². The van der Waals surface area contributed by atoms with Gasteiger partial charge in [-0.2, -0.15) is 0 Å². The van der Waals surface area contributed by atoms with Crippen molar-refractivity contribution in [1.29, 1.82) is 0 Å². The van der Waals surface area contributed by atoms with Gasteiger partial charge >= 0.3 is 0 Å². The highest BCUT2D eigenvalue weighted by Crippen LogP contribution is 2.40. The molecule has 0 amide bonds. The molecule has 1 aromatic carbocycles. The summed E-state index contributed by atoms with van der Waals surface area (Å²) in [5.74, 6) is 1.58. The van der Waals surface area contributed by atoms with Gasteiger partial charge in [0.25, 0.3) is 0 Å². The quantitative estimate of drug-likeness (QED) is 0.838. The van der Waals surface area contributed by atoms with Crippen molar-refractivity contribution < 1.29 is 19.3 Å². The minimum Gasteiger partial charge on any atom is -0.497 e. The average Bonchev–Trinajstić information content (AvgIpc) is 2.37. The van der Waals surface area contributed by atoms with E-state index in [1.807, 2.05) is 18.2 Å². The van der Waals surface area contributed by atoms with E-state index in [2.05, 4.69) is 0 Å². The fourth-order valence-corrected chi connectivity index (χ4v) is 2.33. The van der Waals surface area contributed by atoms with Gasteiger partial charge < -0.3 is 19.3 Å². The summed E-state index contributed by atoms with van der Waals surface area (Å²) in [7, 11) is 3.30. The van der Waals surface area contributed by atoms with Gasteiger partial charge in [-0.05, 0) is 30.5 Å². The monoisotopic (exact) mass is 252 g/mol. The van der Waals surface area contributed by atoms with Crippen LogP contribution in [0.1, 0.15) is 18.4 Å². The Morgan fingerprint density at radius 2 is 1.78 bits per heavy atom. The molecule has 1 heterocycles. The van der Waals surface area contributed by atoms with Crippen LogP contribution in [0.5, 0.6) is 11.5 Å². The summed E-state index contributed by atoms with van der Waals surface area (Å²) < 4.78 is 16.0. The molecule has 4 nitrogen and oxygen atoms in total. The molecule has 0 radical (unpaired) electrons. The van der Waals surface area contributed by atoms with Crippen LogP contribution in [0.4, 0.5) is 0 Å². The Kier molecular flexibility index (Phi) is 4.09. The first-order valence-corrected chi connectivity index (χ1v) is 6.16. The van der Waals surface area contributed by atoms with E-state index in [1.54, 1.807) is 14.2 Å². The van der Waals surface area contributed by atoms with E-state index >= 15 is 0 Å². The zero-order valence-electron chi connectivity index (χ0n) is 10.9. The highest BCUT2D eigenvalue weighted by atomic mass is 16.5. The standard InChI is InChI=1S/C14H20O4/c1-16-12-6-11(7-13(8-12)17-2)14(4-3-5-15)9-18-10-14/h6-8,15H,3-5,9-10H2,1-2H3. The molecule has 18 heavy (non-hydrogen) atoms. The van der Waals surface area contributed by atoms with Crippen LogP contribution in [-0.4, -0.2) is 39.1 Å². The van der Waals surface area contributed by atoms with Crippen molar-refractivity contribution in [3.63, 3.8) is 0 Å². The molecule has 0 aliphatic carbocycles. The number of hydrogen-bond donors (Lipinski definition) is 1. The van der Waals surface area contributed by atoms with Crippen LogP contribution < -0.4 is 9.47 Å². The lowest BCUT2D eigenvalue weighted by atomic mass is 9.75. The maximum Gasteiger partial charge on any atom is 0.122 e. The number of rotatable bonds is 6. The van der Waals surface area contributed by atoms with Crippen molar-refractivity contribution in [2.24, 2.45) is 0 Å². The Morgan fingerprint density at radius 3 is 2.17 bits per heavy atom. The molecule has 0 unspecified atom stereocenters. The van der Waals surface area contributed by atoms with Crippen LogP contribution in [-0.2, 0) is 10.2 Å². The molecule has 1 aliphatic rings. The maximum atomic E-state index is 9.01. The fraction of sp³-hybridized carbons (Fsp3) is 0.571. The van der Waals surface area contributed by atoms with E-state index in [-0.39, 0.29) is 12.0 Å². The van der Waals surface area contributed by atoms with Crippen LogP contribution in [0.3, 0.4) is 0 Å². The van der Waals surface area contributed by atoms with Gasteiger partial charge in [-0.15, -0.1) is 0 Å². The summed E-state index contributed by atoms with van der Waals surface area (Å²) in [5.41, 5.74) is 1.17. The average molecular weight is 252 g/mol. The highest BCUT2D eigenvalue weighted by molar-refractivity contribution is 5.43. The number of aliphatic hydroxyl groups is 1. The van der Waals surface area contributed by atoms with Gasteiger partial charge in [-0.25, -0.2) is 0 Å². The number of methoxy groups -OCH3 is 2. The van der Waals surface area contributed by atoms with Gasteiger partial charge in [0.15, 0.2) is 0 Å². The van der Waals surface area contributed by atoms with Crippen LogP contribution in [0.25, 0.3) is 0 Å². The lowest BCUT2D eigenvalue weighted by Gasteiger charge is -2.42. The predicted molar refractivity (Wildman–Crippen MR) is 68.4 cm³/mol. The van der Waals surface area contributed by atoms with E-state index in [9.17, 15) is 0 Å². The number of benzene rings is 1. The molecule has 2 rings (SSSR count). The number of hydrogen-bond acceptors (Lipinski definition) is 4. The Balaban J connectivity index is 2.29. The van der Waals surface area contributed by atoms with E-state index < -0.39 is 0 Å². The Morgan fingerprint density at radius 1 is 1.17 bits per heavy atom. The third-order valence-electron chi connectivity index (χ3n) is 3.53. The molecule has 100 valence electrons. The molecule has 0 aromatic heterocycles. The van der Waals surface area contributed by atoms with Crippen molar-refractivity contribution in [2.45, 2.75) is 18.3 Å². The molecule has 1 saturated heterocycles. The van der Waals surface area contributed by atoms with Crippen LogP contribution in [0, 0.1) is 0 Å². The maximum absolute atomic E-state index is 9.01. The Labute approximate surface area is 107 Å². The molecule has 0 bridgehead atoms. The van der Waals surface area contributed by atoms with Gasteiger partial charge in [-0.3, -0.25) is 0 Å². The molecular weight excluding hydrogens is 232 g/mol. The Bertz CT molecular complexity index is 377. The summed E-state index contributed by atoms with van der Waals surface area (Å²) in [6, 6.07) is 5.92. The van der Waals surface area contributed by atoms with Crippen LogP contribution in [0.15, 0.2) is 18.2 Å². The van der Waals surface area contributed by atoms with Gasteiger partial charge in [0.1, 0.15) is 11.5 Å². The third-order valence-corrected chi connectivity index (χ3v) is 3.53. The molecular formula is C14H20O4. The summed E-state index contributed by atoms with van der Waals surface area (Å²) in [6.45, 7) is 1.61. The second-order valence-electron chi connectivity index (χ2n) is 4.70. The predicted octanol–water partition coefficient (Wildman–Crippen LogP) is 1.74. The largest absolute Gasteiger partial charge is 0.497 e. The first kappa shape index (κ1) is 13.2. The summed E-state index contributed by atoms with van der Waals surface area (Å²) in [5, 5.41) is 9.01. The van der Waals surface area contributed by atoms with Gasteiger partial charge in [0.2, 0.25) is 0 Å². The van der Waals surface area contributed by atoms with Crippen molar-refractivity contribution in [3.05, 3.63) is 23.8 Å². The second kappa shape index (κ2) is 5.59. The topological polar surface area (TPSA) is 47.9 Å². The fourth-order valence-electron chi connectivity index (χ4n) is 2.33. The number of aliphatic hydroxyl groups excluding tert-OH is 1. The van der Waals surface area contributed by atoms with Crippen molar-refractivity contribution >= 4 is 0 Å². The van der Waals surface area contributed by atoms with Crippen molar-refractivity contribution in [3.8, 4) is 11.5 Å².